The van der Waals surface area contributed by atoms with Gasteiger partial charge < -0.3 is 19.7 Å². The van der Waals surface area contributed by atoms with Crippen molar-refractivity contribution < 1.29 is 9.47 Å². The minimum Gasteiger partial charge on any atom is -0.484 e. The molecule has 3 aromatic heterocycles. The smallest absolute Gasteiger partial charge is 0.213 e. The van der Waals surface area contributed by atoms with Crippen LogP contribution in [-0.2, 0) is 13.0 Å². The molecular formula is C24H27ClN6O2. The molecule has 1 saturated heterocycles. The number of aliphatic imine (C=N–C) groups is 1. The van der Waals surface area contributed by atoms with Crippen molar-refractivity contribution in [2.75, 3.05) is 39.9 Å². The van der Waals surface area contributed by atoms with Gasteiger partial charge in [0.25, 0.3) is 0 Å². The molecule has 5 heterocycles. The molecule has 8 nitrogen and oxygen atoms in total. The number of nitrogens with one attached hydrogen (secondary N) is 1. The zero-order chi connectivity index (χ0) is 22.6. The van der Waals surface area contributed by atoms with Crippen LogP contribution in [0.5, 0.6) is 11.6 Å². The molecule has 1 atom stereocenters. The summed E-state index contributed by atoms with van der Waals surface area (Å²) in [5, 5.41) is 4.22. The van der Waals surface area contributed by atoms with Crippen LogP contribution in [0.2, 0.25) is 5.02 Å². The van der Waals surface area contributed by atoms with Crippen molar-refractivity contribution in [2.24, 2.45) is 10.9 Å². The summed E-state index contributed by atoms with van der Waals surface area (Å²) < 4.78 is 10.8. The lowest BCUT2D eigenvalue weighted by atomic mass is 10.1. The van der Waals surface area contributed by atoms with E-state index in [2.05, 4.69) is 30.2 Å². The molecule has 33 heavy (non-hydrogen) atoms. The number of methoxy groups -OCH3 is 1. The monoisotopic (exact) mass is 466 g/mol. The van der Waals surface area contributed by atoms with Crippen molar-refractivity contribution in [1.29, 1.82) is 0 Å². The maximum Gasteiger partial charge on any atom is 0.213 e. The van der Waals surface area contributed by atoms with E-state index in [1.807, 2.05) is 24.3 Å². The number of fused-ring (bicyclic) bond motifs is 2. The lowest BCUT2D eigenvalue weighted by Gasteiger charge is -2.17. The third kappa shape index (κ3) is 5.08. The second-order valence-corrected chi connectivity index (χ2v) is 8.80. The van der Waals surface area contributed by atoms with Gasteiger partial charge in [-0.2, -0.15) is 0 Å². The molecule has 2 aliphatic heterocycles. The van der Waals surface area contributed by atoms with Gasteiger partial charge >= 0.3 is 0 Å². The SMILES string of the molecule is COc1ccc2ncc(Cl)c(CCN3CC[C@@H](CNCc4ccc5c(n4)N=CCO5)C3)c2n1. The number of pyridine rings is 3. The van der Waals surface area contributed by atoms with E-state index in [1.165, 1.54) is 6.42 Å². The van der Waals surface area contributed by atoms with Gasteiger partial charge in [0, 0.05) is 43.7 Å². The van der Waals surface area contributed by atoms with Gasteiger partial charge in [0.15, 0.2) is 11.6 Å². The Balaban J connectivity index is 1.13. The molecule has 0 radical (unpaired) electrons. The summed E-state index contributed by atoms with van der Waals surface area (Å²) >= 11 is 6.49. The summed E-state index contributed by atoms with van der Waals surface area (Å²) in [6.45, 7) is 5.31. The molecular weight excluding hydrogens is 440 g/mol. The van der Waals surface area contributed by atoms with Crippen LogP contribution in [0.15, 0.2) is 35.5 Å². The molecule has 9 heteroatoms. The molecule has 0 amide bonds. The number of nitrogens with zero attached hydrogens (tertiary/aromatic N) is 5. The number of likely N-dealkylation sites (tertiary alicyclic amines) is 1. The van der Waals surface area contributed by atoms with Gasteiger partial charge in [0.2, 0.25) is 5.88 Å². The Kier molecular flexibility index (Phi) is 6.66. The van der Waals surface area contributed by atoms with E-state index in [4.69, 9.17) is 21.1 Å². The molecule has 172 valence electrons. The number of aromatic nitrogens is 3. The van der Waals surface area contributed by atoms with Gasteiger partial charge in [-0.15, -0.1) is 0 Å². The fraction of sp³-hybridized carbons (Fsp3) is 0.417. The lowest BCUT2D eigenvalue weighted by Crippen LogP contribution is -2.28. The highest BCUT2D eigenvalue weighted by atomic mass is 35.5. The summed E-state index contributed by atoms with van der Waals surface area (Å²) in [6, 6.07) is 7.70. The van der Waals surface area contributed by atoms with E-state index in [0.29, 0.717) is 29.2 Å². The molecule has 0 aliphatic carbocycles. The predicted molar refractivity (Wildman–Crippen MR) is 129 cm³/mol. The Morgan fingerprint density at radius 1 is 1.24 bits per heavy atom. The quantitative estimate of drug-likeness (QED) is 0.544. The topological polar surface area (TPSA) is 84.8 Å². The van der Waals surface area contributed by atoms with Crippen LogP contribution in [0.1, 0.15) is 17.7 Å². The Morgan fingerprint density at radius 2 is 2.18 bits per heavy atom. The number of rotatable bonds is 8. The summed E-state index contributed by atoms with van der Waals surface area (Å²) in [7, 11) is 1.62. The molecule has 1 fully saturated rings. The zero-order valence-electron chi connectivity index (χ0n) is 18.6. The van der Waals surface area contributed by atoms with Crippen LogP contribution in [0.25, 0.3) is 11.0 Å². The third-order valence-electron chi connectivity index (χ3n) is 6.16. The molecule has 0 saturated carbocycles. The molecule has 0 bridgehead atoms. The van der Waals surface area contributed by atoms with Crippen LogP contribution in [0.4, 0.5) is 5.82 Å². The highest BCUT2D eigenvalue weighted by Crippen LogP contribution is 2.28. The minimum atomic E-state index is 0.513. The molecule has 0 unspecified atom stereocenters. The highest BCUT2D eigenvalue weighted by molar-refractivity contribution is 6.32. The summed E-state index contributed by atoms with van der Waals surface area (Å²) in [5.74, 6) is 2.62. The average molecular weight is 467 g/mol. The van der Waals surface area contributed by atoms with E-state index in [9.17, 15) is 0 Å². The first-order valence-electron chi connectivity index (χ1n) is 11.3. The van der Waals surface area contributed by atoms with Gasteiger partial charge in [0.1, 0.15) is 6.61 Å². The standard InChI is InChI=1S/C24H27ClN6O2/c1-32-22-5-3-20-23(30-22)18(19(25)14-28-20)7-10-31-9-6-16(15-31)12-26-13-17-2-4-21-24(29-17)27-8-11-33-21/h2-5,8,14,16,26H,6-7,9-13,15H2,1H3/t16-/m0/s1. The van der Waals surface area contributed by atoms with Crippen molar-refractivity contribution in [3.05, 3.63) is 46.7 Å². The molecule has 3 aromatic rings. The van der Waals surface area contributed by atoms with Gasteiger partial charge in [-0.05, 0) is 50.0 Å². The fourth-order valence-electron chi connectivity index (χ4n) is 4.41. The first-order valence-corrected chi connectivity index (χ1v) is 11.6. The van der Waals surface area contributed by atoms with Crippen LogP contribution in [0, 0.1) is 5.92 Å². The second-order valence-electron chi connectivity index (χ2n) is 8.39. The normalized spacial score (nSPS) is 17.8. The maximum absolute atomic E-state index is 6.49. The van der Waals surface area contributed by atoms with Crippen molar-refractivity contribution in [1.82, 2.24) is 25.2 Å². The Labute approximate surface area is 198 Å². The molecule has 0 aromatic carbocycles. The van der Waals surface area contributed by atoms with Crippen LogP contribution >= 0.6 is 11.6 Å². The number of ether oxygens (including phenoxy) is 2. The number of hydrogen-bond donors (Lipinski definition) is 1. The molecule has 2 aliphatic rings. The van der Waals surface area contributed by atoms with E-state index in [-0.39, 0.29) is 0 Å². The van der Waals surface area contributed by atoms with Crippen molar-refractivity contribution in [3.8, 4) is 11.6 Å². The van der Waals surface area contributed by atoms with Gasteiger partial charge in [-0.25, -0.2) is 15.0 Å². The van der Waals surface area contributed by atoms with Crippen molar-refractivity contribution >= 4 is 34.7 Å². The van der Waals surface area contributed by atoms with Gasteiger partial charge in [-0.1, -0.05) is 11.6 Å². The minimum absolute atomic E-state index is 0.513. The van der Waals surface area contributed by atoms with E-state index in [0.717, 1.165) is 67.2 Å². The molecule has 0 spiro atoms. The largest absolute Gasteiger partial charge is 0.484 e. The van der Waals surface area contributed by atoms with Gasteiger partial charge in [-0.3, -0.25) is 4.98 Å². The molecule has 5 rings (SSSR count). The number of hydrogen-bond acceptors (Lipinski definition) is 8. The average Bonchev–Trinajstić information content (AvgIpc) is 3.30. The Morgan fingerprint density at radius 3 is 3.09 bits per heavy atom. The summed E-state index contributed by atoms with van der Waals surface area (Å²) in [4.78, 5) is 20.4. The van der Waals surface area contributed by atoms with E-state index in [1.54, 1.807) is 19.5 Å². The first-order chi connectivity index (χ1) is 16.2. The Bertz CT molecular complexity index is 1170. The fourth-order valence-corrected chi connectivity index (χ4v) is 4.65. The summed E-state index contributed by atoms with van der Waals surface area (Å²) in [6.07, 6.45) is 5.48. The number of halogens is 1. The second kappa shape index (κ2) is 9.99. The Hall–Kier alpha value is -2.81. The predicted octanol–water partition coefficient (Wildman–Crippen LogP) is 3.44. The van der Waals surface area contributed by atoms with E-state index < -0.39 is 0 Å². The van der Waals surface area contributed by atoms with Crippen LogP contribution < -0.4 is 14.8 Å². The van der Waals surface area contributed by atoms with Crippen molar-refractivity contribution in [3.63, 3.8) is 0 Å². The van der Waals surface area contributed by atoms with Crippen LogP contribution in [-0.4, -0.2) is 66.0 Å². The summed E-state index contributed by atoms with van der Waals surface area (Å²) in [5.41, 5.74) is 3.68. The van der Waals surface area contributed by atoms with E-state index >= 15 is 0 Å². The van der Waals surface area contributed by atoms with Crippen LogP contribution in [0.3, 0.4) is 0 Å². The highest BCUT2D eigenvalue weighted by Gasteiger charge is 2.23. The third-order valence-corrected chi connectivity index (χ3v) is 6.49. The lowest BCUT2D eigenvalue weighted by molar-refractivity contribution is 0.325. The maximum atomic E-state index is 6.49. The molecule has 1 N–H and O–H groups in total. The first kappa shape index (κ1) is 22.0. The zero-order valence-corrected chi connectivity index (χ0v) is 19.4. The van der Waals surface area contributed by atoms with Crippen molar-refractivity contribution in [2.45, 2.75) is 19.4 Å². The van der Waals surface area contributed by atoms with Gasteiger partial charge in [0.05, 0.1) is 28.9 Å².